The zero-order chi connectivity index (χ0) is 16.2. The van der Waals surface area contributed by atoms with Crippen molar-refractivity contribution in [3.63, 3.8) is 0 Å². The van der Waals surface area contributed by atoms with Crippen LogP contribution in [0.25, 0.3) is 11.3 Å². The molecule has 0 saturated carbocycles. The Kier molecular flexibility index (Phi) is 4.72. The Morgan fingerprint density at radius 1 is 1.26 bits per heavy atom. The average molecular weight is 360 g/mol. The van der Waals surface area contributed by atoms with Gasteiger partial charge in [0.05, 0.1) is 28.1 Å². The molecule has 7 heteroatoms. The molecule has 2 heterocycles. The predicted octanol–water partition coefficient (Wildman–Crippen LogP) is 4.58. The van der Waals surface area contributed by atoms with Crippen molar-refractivity contribution in [1.29, 1.82) is 5.26 Å². The first-order valence-corrected chi connectivity index (χ1v) is 8.71. The lowest BCUT2D eigenvalue weighted by molar-refractivity contribution is -0.115. The van der Waals surface area contributed by atoms with Gasteiger partial charge in [-0.1, -0.05) is 23.7 Å². The summed E-state index contributed by atoms with van der Waals surface area (Å²) < 4.78 is 0.671. The Hall–Kier alpha value is -2.20. The van der Waals surface area contributed by atoms with E-state index in [1.54, 1.807) is 18.2 Å². The third-order valence-electron chi connectivity index (χ3n) is 3.02. The summed E-state index contributed by atoms with van der Waals surface area (Å²) in [6, 6.07) is 12.9. The van der Waals surface area contributed by atoms with Crippen molar-refractivity contribution in [2.24, 2.45) is 0 Å². The van der Waals surface area contributed by atoms with Gasteiger partial charge in [0.1, 0.15) is 0 Å². The summed E-state index contributed by atoms with van der Waals surface area (Å²) in [6.45, 7) is 0. The van der Waals surface area contributed by atoms with Crippen molar-refractivity contribution in [2.45, 2.75) is 6.42 Å². The maximum atomic E-state index is 12.0. The van der Waals surface area contributed by atoms with E-state index in [9.17, 15) is 4.79 Å². The second-order valence-corrected chi connectivity index (χ2v) is 7.32. The zero-order valence-corrected chi connectivity index (χ0v) is 14.1. The van der Waals surface area contributed by atoms with Crippen molar-refractivity contribution in [2.75, 3.05) is 5.32 Å². The van der Waals surface area contributed by atoms with E-state index in [-0.39, 0.29) is 12.3 Å². The number of rotatable bonds is 4. The molecule has 4 nitrogen and oxygen atoms in total. The highest BCUT2D eigenvalue weighted by Gasteiger charge is 2.10. The third-order valence-corrected chi connectivity index (χ3v) is 5.01. The number of anilines is 1. The fourth-order valence-corrected chi connectivity index (χ4v) is 3.77. The number of nitrogens with one attached hydrogen (secondary N) is 1. The van der Waals surface area contributed by atoms with Crippen LogP contribution in [0, 0.1) is 11.3 Å². The standard InChI is InChI=1S/C16H10ClN3OS2/c17-14-6-5-12(23-14)7-15(21)20-16-19-13(9-22-16)11-3-1-10(8-18)2-4-11/h1-6,9H,7H2,(H,19,20,21). The first kappa shape index (κ1) is 15.7. The molecule has 0 aliphatic heterocycles. The number of hydrogen-bond acceptors (Lipinski definition) is 5. The van der Waals surface area contributed by atoms with Crippen molar-refractivity contribution in [3.05, 3.63) is 56.6 Å². The lowest BCUT2D eigenvalue weighted by Gasteiger charge is -2.00. The van der Waals surface area contributed by atoms with Gasteiger partial charge >= 0.3 is 0 Å². The maximum Gasteiger partial charge on any atom is 0.231 e. The molecule has 0 saturated heterocycles. The van der Waals surface area contributed by atoms with E-state index >= 15 is 0 Å². The molecule has 0 aliphatic carbocycles. The number of nitriles is 1. The van der Waals surface area contributed by atoms with Gasteiger partial charge in [0, 0.05) is 15.8 Å². The molecule has 1 aromatic carbocycles. The quantitative estimate of drug-likeness (QED) is 0.741. The smallest absolute Gasteiger partial charge is 0.231 e. The molecule has 1 N–H and O–H groups in total. The van der Waals surface area contributed by atoms with Gasteiger partial charge in [0.2, 0.25) is 5.91 Å². The van der Waals surface area contributed by atoms with E-state index in [4.69, 9.17) is 16.9 Å². The number of nitrogens with zero attached hydrogens (tertiary/aromatic N) is 2. The topological polar surface area (TPSA) is 65.8 Å². The minimum atomic E-state index is -0.121. The largest absolute Gasteiger partial charge is 0.302 e. The van der Waals surface area contributed by atoms with Gasteiger partial charge < -0.3 is 5.32 Å². The van der Waals surface area contributed by atoms with Crippen LogP contribution in [0.15, 0.2) is 41.8 Å². The summed E-state index contributed by atoms with van der Waals surface area (Å²) in [7, 11) is 0. The van der Waals surface area contributed by atoms with Crippen molar-refractivity contribution < 1.29 is 4.79 Å². The third kappa shape index (κ3) is 3.96. The Bertz CT molecular complexity index is 877. The van der Waals surface area contributed by atoms with Crippen LogP contribution in [0.4, 0.5) is 5.13 Å². The first-order chi connectivity index (χ1) is 11.1. The van der Waals surface area contributed by atoms with Crippen LogP contribution in [0.5, 0.6) is 0 Å². The summed E-state index contributed by atoms with van der Waals surface area (Å²) >= 11 is 8.61. The fraction of sp³-hybridized carbons (Fsp3) is 0.0625. The molecule has 3 aromatic rings. The van der Waals surface area contributed by atoms with Crippen LogP contribution < -0.4 is 5.32 Å². The van der Waals surface area contributed by atoms with E-state index in [1.807, 2.05) is 23.6 Å². The molecule has 0 radical (unpaired) electrons. The van der Waals surface area contributed by atoms with Crippen molar-refractivity contribution in [3.8, 4) is 17.3 Å². The second kappa shape index (κ2) is 6.92. The summed E-state index contributed by atoms with van der Waals surface area (Å²) in [5.41, 5.74) is 2.28. The van der Waals surface area contributed by atoms with Gasteiger partial charge in [0.25, 0.3) is 0 Å². The van der Waals surface area contributed by atoms with Gasteiger partial charge in [-0.3, -0.25) is 4.79 Å². The monoisotopic (exact) mass is 359 g/mol. The number of amides is 1. The normalized spacial score (nSPS) is 10.3. The highest BCUT2D eigenvalue weighted by atomic mass is 35.5. The predicted molar refractivity (Wildman–Crippen MR) is 93.9 cm³/mol. The first-order valence-electron chi connectivity index (χ1n) is 6.64. The van der Waals surface area contributed by atoms with Crippen LogP contribution in [-0.2, 0) is 11.2 Å². The number of halogens is 1. The highest BCUT2D eigenvalue weighted by molar-refractivity contribution is 7.16. The van der Waals surface area contributed by atoms with E-state index in [0.717, 1.165) is 16.1 Å². The number of carbonyl (C=O) groups is 1. The molecule has 0 spiro atoms. The lowest BCUT2D eigenvalue weighted by atomic mass is 10.1. The Balaban J connectivity index is 1.66. The second-order valence-electron chi connectivity index (χ2n) is 4.66. The van der Waals surface area contributed by atoms with Crippen molar-refractivity contribution >= 4 is 45.3 Å². The summed E-state index contributed by atoms with van der Waals surface area (Å²) in [6.07, 6.45) is 0.281. The van der Waals surface area contributed by atoms with Crippen LogP contribution in [0.1, 0.15) is 10.4 Å². The van der Waals surface area contributed by atoms with Gasteiger partial charge in [-0.15, -0.1) is 22.7 Å². The molecule has 3 rings (SSSR count). The number of thiophene rings is 1. The number of benzene rings is 1. The van der Waals surface area contributed by atoms with Crippen LogP contribution in [0.3, 0.4) is 0 Å². The molecule has 2 aromatic heterocycles. The van der Waals surface area contributed by atoms with Crippen LogP contribution in [0.2, 0.25) is 4.34 Å². The van der Waals surface area contributed by atoms with Gasteiger partial charge in [-0.05, 0) is 24.3 Å². The molecular formula is C16H10ClN3OS2. The van der Waals surface area contributed by atoms with E-state index < -0.39 is 0 Å². The van der Waals surface area contributed by atoms with Crippen LogP contribution in [-0.4, -0.2) is 10.9 Å². The molecule has 1 amide bonds. The Labute approximate surface area is 146 Å². The van der Waals surface area contributed by atoms with Gasteiger partial charge in [-0.2, -0.15) is 5.26 Å². The van der Waals surface area contributed by atoms with E-state index in [1.165, 1.54) is 22.7 Å². The van der Waals surface area contributed by atoms with Gasteiger partial charge in [-0.25, -0.2) is 4.98 Å². The van der Waals surface area contributed by atoms with Crippen LogP contribution >= 0.6 is 34.3 Å². The minimum Gasteiger partial charge on any atom is -0.302 e. The minimum absolute atomic E-state index is 0.121. The summed E-state index contributed by atoms with van der Waals surface area (Å²) in [5.74, 6) is -0.121. The highest BCUT2D eigenvalue weighted by Crippen LogP contribution is 2.26. The molecule has 0 atom stereocenters. The summed E-state index contributed by atoms with van der Waals surface area (Å²) in [5, 5.41) is 14.0. The Morgan fingerprint density at radius 3 is 2.70 bits per heavy atom. The number of carbonyl (C=O) groups excluding carboxylic acids is 1. The van der Waals surface area contributed by atoms with Gasteiger partial charge in [0.15, 0.2) is 5.13 Å². The Morgan fingerprint density at radius 2 is 2.04 bits per heavy atom. The molecule has 23 heavy (non-hydrogen) atoms. The molecule has 0 bridgehead atoms. The maximum absolute atomic E-state index is 12.0. The fourth-order valence-electron chi connectivity index (χ4n) is 1.95. The molecular weight excluding hydrogens is 350 g/mol. The number of thiazole rings is 1. The molecule has 0 aliphatic rings. The molecule has 0 fully saturated rings. The average Bonchev–Trinajstić information content (AvgIpc) is 3.16. The number of hydrogen-bond donors (Lipinski definition) is 1. The van der Waals surface area contributed by atoms with Crippen molar-refractivity contribution in [1.82, 2.24) is 4.98 Å². The van der Waals surface area contributed by atoms with E-state index in [2.05, 4.69) is 16.4 Å². The summed E-state index contributed by atoms with van der Waals surface area (Å²) in [4.78, 5) is 17.3. The van der Waals surface area contributed by atoms with E-state index in [0.29, 0.717) is 15.0 Å². The number of aromatic nitrogens is 1. The lowest BCUT2D eigenvalue weighted by Crippen LogP contribution is -2.13. The molecule has 0 unspecified atom stereocenters. The molecule has 114 valence electrons. The zero-order valence-electron chi connectivity index (χ0n) is 11.7. The SMILES string of the molecule is N#Cc1ccc(-c2csc(NC(=O)Cc3ccc(Cl)s3)n2)cc1.